The van der Waals surface area contributed by atoms with Crippen LogP contribution in [0.4, 0.5) is 13.9 Å². The van der Waals surface area contributed by atoms with Crippen molar-refractivity contribution >= 4 is 49.3 Å². The first kappa shape index (κ1) is 20.5. The minimum absolute atomic E-state index is 0.0924. The van der Waals surface area contributed by atoms with E-state index < -0.39 is 11.6 Å². The maximum Gasteiger partial charge on any atom is 0.254 e. The summed E-state index contributed by atoms with van der Waals surface area (Å²) >= 11 is 1.09. The molecule has 1 fully saturated rings. The van der Waals surface area contributed by atoms with Crippen molar-refractivity contribution in [3.8, 4) is 0 Å². The average Bonchev–Trinajstić information content (AvgIpc) is 3.19. The summed E-state index contributed by atoms with van der Waals surface area (Å²) < 4.78 is 27.3. The fourth-order valence-electron chi connectivity index (χ4n) is 4.14. The third kappa shape index (κ3) is 3.82. The SMILES string of the molecule is O=C(Nc1nc2cc(F)c(F)cc2s1)C1CCCN(C(=O)c2cccc3ccccc23)C1. The molecule has 5 rings (SSSR count). The Kier molecular flexibility index (Phi) is 5.30. The predicted octanol–water partition coefficient (Wildman–Crippen LogP) is 5.22. The number of thiazole rings is 1. The number of aromatic nitrogens is 1. The Morgan fingerprint density at radius 3 is 2.72 bits per heavy atom. The largest absolute Gasteiger partial charge is 0.338 e. The lowest BCUT2D eigenvalue weighted by Gasteiger charge is -2.32. The van der Waals surface area contributed by atoms with E-state index >= 15 is 0 Å². The van der Waals surface area contributed by atoms with E-state index in [0.717, 1.165) is 34.2 Å². The van der Waals surface area contributed by atoms with Crippen molar-refractivity contribution in [3.05, 3.63) is 71.8 Å². The number of fused-ring (bicyclic) bond motifs is 2. The van der Waals surface area contributed by atoms with Crippen molar-refractivity contribution in [2.45, 2.75) is 12.8 Å². The number of hydrogen-bond donors (Lipinski definition) is 1. The molecule has 0 aliphatic carbocycles. The first-order valence-corrected chi connectivity index (χ1v) is 11.1. The van der Waals surface area contributed by atoms with Gasteiger partial charge < -0.3 is 10.2 Å². The number of carbonyl (C=O) groups is 2. The van der Waals surface area contributed by atoms with E-state index in [1.54, 1.807) is 4.90 Å². The molecular formula is C24H19F2N3O2S. The number of hydrogen-bond acceptors (Lipinski definition) is 4. The van der Waals surface area contributed by atoms with Crippen molar-refractivity contribution < 1.29 is 18.4 Å². The number of carbonyl (C=O) groups excluding carboxylic acids is 2. The average molecular weight is 451 g/mol. The Labute approximate surface area is 186 Å². The molecule has 1 N–H and O–H groups in total. The number of amides is 2. The number of halogens is 2. The van der Waals surface area contributed by atoms with Crippen molar-refractivity contribution in [2.75, 3.05) is 18.4 Å². The summed E-state index contributed by atoms with van der Waals surface area (Å²) in [5.41, 5.74) is 0.917. The molecule has 1 aliphatic rings. The molecule has 1 unspecified atom stereocenters. The van der Waals surface area contributed by atoms with Gasteiger partial charge in [-0.05, 0) is 35.7 Å². The Morgan fingerprint density at radius 2 is 1.84 bits per heavy atom. The molecule has 1 saturated heterocycles. The van der Waals surface area contributed by atoms with Gasteiger partial charge in [-0.3, -0.25) is 9.59 Å². The topological polar surface area (TPSA) is 62.3 Å². The maximum atomic E-state index is 13.4. The lowest BCUT2D eigenvalue weighted by molar-refractivity contribution is -0.121. The van der Waals surface area contributed by atoms with Gasteiger partial charge in [-0.15, -0.1) is 0 Å². The van der Waals surface area contributed by atoms with Crippen molar-refractivity contribution in [2.24, 2.45) is 5.92 Å². The van der Waals surface area contributed by atoms with E-state index in [2.05, 4.69) is 10.3 Å². The van der Waals surface area contributed by atoms with Crippen LogP contribution in [-0.4, -0.2) is 34.8 Å². The second-order valence-corrected chi connectivity index (χ2v) is 8.89. The number of rotatable bonds is 3. The van der Waals surface area contributed by atoms with Crippen LogP contribution >= 0.6 is 11.3 Å². The first-order chi connectivity index (χ1) is 15.5. The van der Waals surface area contributed by atoms with Crippen LogP contribution in [0.15, 0.2) is 54.6 Å². The number of piperidine rings is 1. The van der Waals surface area contributed by atoms with Crippen LogP contribution in [0.1, 0.15) is 23.2 Å². The lowest BCUT2D eigenvalue weighted by Crippen LogP contribution is -2.43. The second kappa shape index (κ2) is 8.27. The van der Waals surface area contributed by atoms with Gasteiger partial charge in [-0.2, -0.15) is 0 Å². The van der Waals surface area contributed by atoms with Crippen LogP contribution in [0, 0.1) is 17.6 Å². The molecule has 3 aromatic carbocycles. The number of likely N-dealkylation sites (tertiary alicyclic amines) is 1. The Hall–Kier alpha value is -3.39. The first-order valence-electron chi connectivity index (χ1n) is 10.3. The zero-order chi connectivity index (χ0) is 22.2. The van der Waals surface area contributed by atoms with Crippen LogP contribution < -0.4 is 5.32 Å². The number of benzene rings is 3. The molecule has 0 bridgehead atoms. The number of nitrogens with one attached hydrogen (secondary N) is 1. The van der Waals surface area contributed by atoms with Gasteiger partial charge in [0.2, 0.25) is 5.91 Å². The molecular weight excluding hydrogens is 432 g/mol. The molecule has 2 amide bonds. The highest BCUT2D eigenvalue weighted by Gasteiger charge is 2.30. The molecule has 1 aliphatic heterocycles. The van der Waals surface area contributed by atoms with E-state index in [1.807, 2.05) is 42.5 Å². The maximum absolute atomic E-state index is 13.4. The molecule has 0 saturated carbocycles. The molecule has 162 valence electrons. The molecule has 2 heterocycles. The minimum Gasteiger partial charge on any atom is -0.338 e. The highest BCUT2D eigenvalue weighted by molar-refractivity contribution is 7.22. The highest BCUT2D eigenvalue weighted by atomic mass is 32.1. The van der Waals surface area contributed by atoms with Gasteiger partial charge in [-0.25, -0.2) is 13.8 Å². The summed E-state index contributed by atoms with van der Waals surface area (Å²) in [6.45, 7) is 0.896. The summed E-state index contributed by atoms with van der Waals surface area (Å²) in [4.78, 5) is 32.0. The molecule has 5 nitrogen and oxygen atoms in total. The molecule has 0 radical (unpaired) electrons. The smallest absolute Gasteiger partial charge is 0.254 e. The van der Waals surface area contributed by atoms with E-state index in [0.29, 0.717) is 41.7 Å². The summed E-state index contributed by atoms with van der Waals surface area (Å²) in [5.74, 6) is -2.65. The quantitative estimate of drug-likeness (QED) is 0.465. The van der Waals surface area contributed by atoms with Crippen molar-refractivity contribution in [3.63, 3.8) is 0 Å². The third-order valence-electron chi connectivity index (χ3n) is 5.76. The van der Waals surface area contributed by atoms with Gasteiger partial charge in [0.25, 0.3) is 5.91 Å². The fraction of sp³-hybridized carbons (Fsp3) is 0.208. The Bertz CT molecular complexity index is 1310. The number of anilines is 1. The Balaban J connectivity index is 1.32. The van der Waals surface area contributed by atoms with Gasteiger partial charge in [0, 0.05) is 24.7 Å². The minimum atomic E-state index is -0.976. The van der Waals surface area contributed by atoms with Crippen LogP contribution in [0.3, 0.4) is 0 Å². The van der Waals surface area contributed by atoms with Gasteiger partial charge in [0.05, 0.1) is 16.1 Å². The highest BCUT2D eigenvalue weighted by Crippen LogP contribution is 2.29. The summed E-state index contributed by atoms with van der Waals surface area (Å²) in [6.07, 6.45) is 1.37. The zero-order valence-electron chi connectivity index (χ0n) is 17.0. The van der Waals surface area contributed by atoms with Gasteiger partial charge in [0.15, 0.2) is 16.8 Å². The van der Waals surface area contributed by atoms with Gasteiger partial charge in [-0.1, -0.05) is 47.7 Å². The molecule has 1 aromatic heterocycles. The predicted molar refractivity (Wildman–Crippen MR) is 121 cm³/mol. The van der Waals surface area contributed by atoms with Crippen molar-refractivity contribution in [1.82, 2.24) is 9.88 Å². The molecule has 0 spiro atoms. The van der Waals surface area contributed by atoms with Crippen LogP contribution in [-0.2, 0) is 4.79 Å². The van der Waals surface area contributed by atoms with Crippen molar-refractivity contribution in [1.29, 1.82) is 0 Å². The van der Waals surface area contributed by atoms with Crippen LogP contribution in [0.25, 0.3) is 21.0 Å². The number of nitrogens with zero attached hydrogens (tertiary/aromatic N) is 2. The molecule has 4 aromatic rings. The zero-order valence-corrected chi connectivity index (χ0v) is 17.8. The van der Waals surface area contributed by atoms with Crippen LogP contribution in [0.5, 0.6) is 0 Å². The normalized spacial score (nSPS) is 16.4. The molecule has 32 heavy (non-hydrogen) atoms. The van der Waals surface area contributed by atoms with Crippen LogP contribution in [0.2, 0.25) is 0 Å². The third-order valence-corrected chi connectivity index (χ3v) is 6.69. The Morgan fingerprint density at radius 1 is 1.06 bits per heavy atom. The van der Waals surface area contributed by atoms with Gasteiger partial charge in [0.1, 0.15) is 0 Å². The summed E-state index contributed by atoms with van der Waals surface area (Å²) in [6, 6.07) is 15.5. The monoisotopic (exact) mass is 451 g/mol. The van der Waals surface area contributed by atoms with E-state index in [1.165, 1.54) is 0 Å². The molecule has 8 heteroatoms. The second-order valence-electron chi connectivity index (χ2n) is 7.86. The summed E-state index contributed by atoms with van der Waals surface area (Å²) in [5, 5.41) is 4.92. The standard InChI is InChI=1S/C24H19F2N3O2S/c25-18-11-20-21(12-19(18)26)32-24(27-20)28-22(30)15-7-4-10-29(13-15)23(31)17-9-3-6-14-5-1-2-8-16(14)17/h1-3,5-6,8-9,11-12,15H,4,7,10,13H2,(H,27,28,30). The van der Waals surface area contributed by atoms with E-state index in [4.69, 9.17) is 0 Å². The molecule has 1 atom stereocenters. The fourth-order valence-corrected chi connectivity index (χ4v) is 5.02. The lowest BCUT2D eigenvalue weighted by atomic mass is 9.95. The summed E-state index contributed by atoms with van der Waals surface area (Å²) in [7, 11) is 0. The van der Waals surface area contributed by atoms with E-state index in [9.17, 15) is 18.4 Å². The van der Waals surface area contributed by atoms with E-state index in [-0.39, 0.29) is 22.9 Å². The van der Waals surface area contributed by atoms with Gasteiger partial charge >= 0.3 is 0 Å².